The molecule has 120 valence electrons. The summed E-state index contributed by atoms with van der Waals surface area (Å²) in [6, 6.07) is 0.998. The van der Waals surface area contributed by atoms with Gasteiger partial charge in [0.05, 0.1) is 11.7 Å². The van der Waals surface area contributed by atoms with Gasteiger partial charge in [-0.3, -0.25) is 4.68 Å². The highest BCUT2D eigenvalue weighted by atomic mass is 15.3. The lowest BCUT2D eigenvalue weighted by Crippen LogP contribution is -2.25. The number of nitrogens with zero attached hydrogens (tertiary/aromatic N) is 2. The predicted molar refractivity (Wildman–Crippen MR) is 89.7 cm³/mol. The molecule has 1 aromatic rings. The number of aryl methyl sites for hydroxylation is 1. The molecule has 21 heavy (non-hydrogen) atoms. The van der Waals surface area contributed by atoms with E-state index >= 15 is 0 Å². The van der Waals surface area contributed by atoms with Gasteiger partial charge in [0.25, 0.3) is 0 Å². The molecule has 0 spiro atoms. The number of rotatable bonds is 5. The van der Waals surface area contributed by atoms with Gasteiger partial charge >= 0.3 is 0 Å². The van der Waals surface area contributed by atoms with Gasteiger partial charge in [0, 0.05) is 17.3 Å². The second-order valence-corrected chi connectivity index (χ2v) is 6.89. The van der Waals surface area contributed by atoms with Crippen molar-refractivity contribution in [3.63, 3.8) is 0 Å². The Morgan fingerprint density at radius 1 is 1.19 bits per heavy atom. The van der Waals surface area contributed by atoms with Gasteiger partial charge < -0.3 is 5.32 Å². The summed E-state index contributed by atoms with van der Waals surface area (Å²) in [7, 11) is 2.05. The van der Waals surface area contributed by atoms with Gasteiger partial charge in [0.1, 0.15) is 0 Å². The van der Waals surface area contributed by atoms with Gasteiger partial charge in [-0.15, -0.1) is 0 Å². The topological polar surface area (TPSA) is 29.9 Å². The molecule has 0 aromatic carbocycles. The quantitative estimate of drug-likeness (QED) is 0.877. The normalized spacial score (nSPS) is 27.8. The molecule has 1 fully saturated rings. The van der Waals surface area contributed by atoms with Gasteiger partial charge in [0.2, 0.25) is 0 Å². The highest BCUT2D eigenvalue weighted by molar-refractivity contribution is 5.30. The monoisotopic (exact) mass is 291 g/mol. The van der Waals surface area contributed by atoms with Crippen molar-refractivity contribution in [2.45, 2.75) is 78.8 Å². The minimum atomic E-state index is 0.392. The largest absolute Gasteiger partial charge is 0.313 e. The first-order chi connectivity index (χ1) is 10.0. The molecule has 1 heterocycles. The SMILES string of the molecule is CCc1nn(C2CCC(C)C(C)C2)c(CC)c1C(C)NC. The van der Waals surface area contributed by atoms with Crippen molar-refractivity contribution in [3.8, 4) is 0 Å². The molecule has 0 saturated heterocycles. The van der Waals surface area contributed by atoms with Gasteiger partial charge in [-0.2, -0.15) is 5.10 Å². The Bertz CT molecular complexity index is 463. The minimum absolute atomic E-state index is 0.392. The molecule has 4 unspecified atom stereocenters. The molecular weight excluding hydrogens is 258 g/mol. The molecular formula is C18H33N3. The van der Waals surface area contributed by atoms with Crippen LogP contribution in [0.2, 0.25) is 0 Å². The van der Waals surface area contributed by atoms with Crippen LogP contribution in [-0.2, 0) is 12.8 Å². The van der Waals surface area contributed by atoms with Gasteiger partial charge in [-0.05, 0) is 57.9 Å². The summed E-state index contributed by atoms with van der Waals surface area (Å²) in [5, 5.41) is 8.44. The zero-order valence-corrected chi connectivity index (χ0v) is 14.7. The van der Waals surface area contributed by atoms with E-state index in [9.17, 15) is 0 Å². The fourth-order valence-electron chi connectivity index (χ4n) is 3.84. The maximum atomic E-state index is 5.03. The molecule has 4 atom stereocenters. The van der Waals surface area contributed by atoms with Gasteiger partial charge in [0.15, 0.2) is 0 Å². The van der Waals surface area contributed by atoms with E-state index in [0.717, 1.165) is 24.7 Å². The molecule has 1 saturated carbocycles. The van der Waals surface area contributed by atoms with Crippen LogP contribution in [0.4, 0.5) is 0 Å². The second-order valence-electron chi connectivity index (χ2n) is 6.89. The molecule has 3 heteroatoms. The van der Waals surface area contributed by atoms with Crippen molar-refractivity contribution in [2.75, 3.05) is 7.05 Å². The van der Waals surface area contributed by atoms with E-state index < -0.39 is 0 Å². The third kappa shape index (κ3) is 3.18. The van der Waals surface area contributed by atoms with Crippen LogP contribution in [0.25, 0.3) is 0 Å². The van der Waals surface area contributed by atoms with E-state index in [1.165, 1.54) is 36.2 Å². The second kappa shape index (κ2) is 6.95. The average molecular weight is 291 g/mol. The third-order valence-corrected chi connectivity index (χ3v) is 5.58. The fourth-order valence-corrected chi connectivity index (χ4v) is 3.84. The Labute approximate surface area is 130 Å². The zero-order valence-electron chi connectivity index (χ0n) is 14.7. The molecule has 1 aliphatic rings. The average Bonchev–Trinajstić information content (AvgIpc) is 2.87. The summed E-state index contributed by atoms with van der Waals surface area (Å²) >= 11 is 0. The molecule has 0 amide bonds. The summed E-state index contributed by atoms with van der Waals surface area (Å²) in [5.74, 6) is 1.68. The van der Waals surface area contributed by atoms with Crippen molar-refractivity contribution in [2.24, 2.45) is 11.8 Å². The summed E-state index contributed by atoms with van der Waals surface area (Å²) in [6.45, 7) is 11.6. The van der Waals surface area contributed by atoms with E-state index in [2.05, 4.69) is 44.6 Å². The van der Waals surface area contributed by atoms with Crippen LogP contribution in [-0.4, -0.2) is 16.8 Å². The molecule has 2 rings (SSSR count). The van der Waals surface area contributed by atoms with Crippen molar-refractivity contribution in [1.29, 1.82) is 0 Å². The summed E-state index contributed by atoms with van der Waals surface area (Å²) < 4.78 is 2.39. The van der Waals surface area contributed by atoms with Crippen LogP contribution in [0.5, 0.6) is 0 Å². The maximum absolute atomic E-state index is 5.03. The van der Waals surface area contributed by atoms with Crippen molar-refractivity contribution in [1.82, 2.24) is 15.1 Å². The summed E-state index contributed by atoms with van der Waals surface area (Å²) in [4.78, 5) is 0. The van der Waals surface area contributed by atoms with E-state index in [4.69, 9.17) is 5.10 Å². The van der Waals surface area contributed by atoms with Crippen molar-refractivity contribution in [3.05, 3.63) is 17.0 Å². The molecule has 3 nitrogen and oxygen atoms in total. The summed E-state index contributed by atoms with van der Waals surface area (Å²) in [5.41, 5.74) is 4.20. The van der Waals surface area contributed by atoms with Crippen LogP contribution >= 0.6 is 0 Å². The Morgan fingerprint density at radius 3 is 2.43 bits per heavy atom. The Morgan fingerprint density at radius 2 is 1.90 bits per heavy atom. The molecule has 1 aliphatic carbocycles. The molecule has 1 aromatic heterocycles. The minimum Gasteiger partial charge on any atom is -0.313 e. The van der Waals surface area contributed by atoms with E-state index in [1.807, 2.05) is 7.05 Å². The Kier molecular flexibility index (Phi) is 5.48. The van der Waals surface area contributed by atoms with Crippen LogP contribution < -0.4 is 5.32 Å². The number of hydrogen-bond donors (Lipinski definition) is 1. The smallest absolute Gasteiger partial charge is 0.0672 e. The van der Waals surface area contributed by atoms with E-state index in [-0.39, 0.29) is 0 Å². The molecule has 0 aliphatic heterocycles. The lowest BCUT2D eigenvalue weighted by atomic mass is 9.79. The number of hydrogen-bond acceptors (Lipinski definition) is 2. The lowest BCUT2D eigenvalue weighted by Gasteiger charge is -2.33. The van der Waals surface area contributed by atoms with Crippen LogP contribution in [0, 0.1) is 11.8 Å². The Hall–Kier alpha value is -0.830. The molecule has 0 radical (unpaired) electrons. The zero-order chi connectivity index (χ0) is 15.6. The third-order valence-electron chi connectivity index (χ3n) is 5.58. The lowest BCUT2D eigenvalue weighted by molar-refractivity contribution is 0.198. The first kappa shape index (κ1) is 16.5. The summed E-state index contributed by atoms with van der Waals surface area (Å²) in [6.07, 6.45) is 6.02. The van der Waals surface area contributed by atoms with E-state index in [1.54, 1.807) is 0 Å². The van der Waals surface area contributed by atoms with Crippen LogP contribution in [0.1, 0.15) is 82.9 Å². The molecule has 1 N–H and O–H groups in total. The van der Waals surface area contributed by atoms with Gasteiger partial charge in [-0.1, -0.05) is 27.7 Å². The van der Waals surface area contributed by atoms with E-state index in [0.29, 0.717) is 12.1 Å². The maximum Gasteiger partial charge on any atom is 0.0672 e. The van der Waals surface area contributed by atoms with Crippen molar-refractivity contribution < 1.29 is 0 Å². The molecule has 0 bridgehead atoms. The standard InChI is InChI=1S/C18H33N3/c1-7-16-18(14(5)19-6)17(8-2)21(20-16)15-10-9-12(3)13(4)11-15/h12-15,19H,7-11H2,1-6H3. The fraction of sp³-hybridized carbons (Fsp3) is 0.833. The Balaban J connectivity index is 2.37. The van der Waals surface area contributed by atoms with Crippen LogP contribution in [0.3, 0.4) is 0 Å². The highest BCUT2D eigenvalue weighted by Gasteiger charge is 2.29. The van der Waals surface area contributed by atoms with Crippen molar-refractivity contribution >= 4 is 0 Å². The first-order valence-corrected chi connectivity index (χ1v) is 8.80. The first-order valence-electron chi connectivity index (χ1n) is 8.80. The predicted octanol–water partition coefficient (Wildman–Crippen LogP) is 4.29. The number of nitrogens with one attached hydrogen (secondary N) is 1. The van der Waals surface area contributed by atoms with Gasteiger partial charge in [-0.25, -0.2) is 0 Å². The number of aromatic nitrogens is 2. The highest BCUT2D eigenvalue weighted by Crippen LogP contribution is 2.38. The van der Waals surface area contributed by atoms with Crippen LogP contribution in [0.15, 0.2) is 0 Å².